The third-order valence-corrected chi connectivity index (χ3v) is 3.47. The second-order valence-corrected chi connectivity index (χ2v) is 5.62. The Labute approximate surface area is 93.9 Å². The summed E-state index contributed by atoms with van der Waals surface area (Å²) in [6.07, 6.45) is 5.07. The molecular weight excluding hydrogens is 212 g/mol. The highest BCUT2D eigenvalue weighted by atomic mass is 32.2. The summed E-state index contributed by atoms with van der Waals surface area (Å²) >= 11 is 0. The van der Waals surface area contributed by atoms with Crippen LogP contribution in [0, 0.1) is 0 Å². The van der Waals surface area contributed by atoms with Crippen molar-refractivity contribution in [2.24, 2.45) is 0 Å². The zero-order chi connectivity index (χ0) is 11.3. The number of carbonyl (C=O) groups is 1. The van der Waals surface area contributed by atoms with Crippen LogP contribution in [0.15, 0.2) is 0 Å². The van der Waals surface area contributed by atoms with E-state index < -0.39 is 10.8 Å². The fraction of sp³-hybridized carbons (Fsp3) is 0.900. The molecule has 0 saturated carbocycles. The molecule has 2 unspecified atom stereocenters. The lowest BCUT2D eigenvalue weighted by Gasteiger charge is -2.28. The van der Waals surface area contributed by atoms with Crippen LogP contribution in [0.5, 0.6) is 0 Å². The van der Waals surface area contributed by atoms with Crippen molar-refractivity contribution >= 4 is 16.8 Å². The van der Waals surface area contributed by atoms with Gasteiger partial charge in [-0.2, -0.15) is 0 Å². The summed E-state index contributed by atoms with van der Waals surface area (Å²) < 4.78 is 11.0. The smallest absolute Gasteiger partial charge is 0.317 e. The average molecular weight is 232 g/mol. The zero-order valence-electron chi connectivity index (χ0n) is 9.49. The molecule has 1 rings (SSSR count). The summed E-state index contributed by atoms with van der Waals surface area (Å²) in [7, 11) is -0.850. The summed E-state index contributed by atoms with van der Waals surface area (Å²) in [6, 6.07) is -0.0158. The van der Waals surface area contributed by atoms with E-state index >= 15 is 0 Å². The number of urea groups is 1. The first-order valence-electron chi connectivity index (χ1n) is 5.45. The van der Waals surface area contributed by atoms with Crippen molar-refractivity contribution < 1.29 is 9.00 Å². The number of carbonyl (C=O) groups excluding carboxylic acids is 1. The maximum absolute atomic E-state index is 11.7. The van der Waals surface area contributed by atoms with Crippen LogP contribution in [0.3, 0.4) is 0 Å². The van der Waals surface area contributed by atoms with Gasteiger partial charge < -0.3 is 10.2 Å². The molecule has 1 heterocycles. The highest BCUT2D eigenvalue weighted by Crippen LogP contribution is 2.08. The molecule has 4 nitrogen and oxygen atoms in total. The lowest BCUT2D eigenvalue weighted by molar-refractivity contribution is 0.184. The Morgan fingerprint density at radius 2 is 2.00 bits per heavy atom. The van der Waals surface area contributed by atoms with Gasteiger partial charge >= 0.3 is 6.03 Å². The lowest BCUT2D eigenvalue weighted by atomic mass is 10.1. The van der Waals surface area contributed by atoms with Gasteiger partial charge in [-0.05, 0) is 26.2 Å². The molecular formula is C10H20N2O2S. The number of hydrogen-bond acceptors (Lipinski definition) is 2. The first-order chi connectivity index (χ1) is 7.09. The Balaban J connectivity index is 2.30. The first-order valence-corrected chi connectivity index (χ1v) is 7.18. The minimum absolute atomic E-state index is 0.00681. The van der Waals surface area contributed by atoms with Crippen LogP contribution in [-0.2, 0) is 10.8 Å². The van der Waals surface area contributed by atoms with Crippen molar-refractivity contribution in [1.29, 1.82) is 0 Å². The normalized spacial score (nSPS) is 20.8. The van der Waals surface area contributed by atoms with Gasteiger partial charge in [-0.1, -0.05) is 0 Å². The van der Waals surface area contributed by atoms with Crippen molar-refractivity contribution in [3.63, 3.8) is 0 Å². The van der Waals surface area contributed by atoms with Crippen molar-refractivity contribution in [2.75, 3.05) is 25.1 Å². The second-order valence-electron chi connectivity index (χ2n) is 4.14. The molecule has 0 aromatic heterocycles. The molecule has 1 saturated heterocycles. The van der Waals surface area contributed by atoms with Crippen molar-refractivity contribution in [2.45, 2.75) is 32.2 Å². The number of piperidine rings is 1. The fourth-order valence-electron chi connectivity index (χ4n) is 1.79. The predicted molar refractivity (Wildman–Crippen MR) is 62.4 cm³/mol. The van der Waals surface area contributed by atoms with Gasteiger partial charge in [-0.15, -0.1) is 0 Å². The zero-order valence-corrected chi connectivity index (χ0v) is 10.3. The van der Waals surface area contributed by atoms with Gasteiger partial charge in [-0.3, -0.25) is 4.21 Å². The summed E-state index contributed by atoms with van der Waals surface area (Å²) in [5.74, 6) is 0.527. The first kappa shape index (κ1) is 12.5. The van der Waals surface area contributed by atoms with E-state index in [1.165, 1.54) is 6.42 Å². The second kappa shape index (κ2) is 6.10. The number of rotatable bonds is 3. The molecule has 1 N–H and O–H groups in total. The van der Waals surface area contributed by atoms with Gasteiger partial charge in [0.15, 0.2) is 0 Å². The van der Waals surface area contributed by atoms with Crippen LogP contribution in [0.1, 0.15) is 26.2 Å². The number of nitrogens with one attached hydrogen (secondary N) is 1. The lowest BCUT2D eigenvalue weighted by Crippen LogP contribution is -2.47. The topological polar surface area (TPSA) is 49.4 Å². The molecule has 1 fully saturated rings. The van der Waals surface area contributed by atoms with Gasteiger partial charge in [-0.25, -0.2) is 4.79 Å². The number of amides is 2. The van der Waals surface area contributed by atoms with Crippen LogP contribution in [0.4, 0.5) is 4.79 Å². The molecule has 1 aliphatic rings. The highest BCUT2D eigenvalue weighted by Gasteiger charge is 2.17. The van der Waals surface area contributed by atoms with E-state index in [1.54, 1.807) is 6.26 Å². The minimum atomic E-state index is -0.850. The molecule has 0 aromatic rings. The average Bonchev–Trinajstić information content (AvgIpc) is 2.17. The van der Waals surface area contributed by atoms with Crippen molar-refractivity contribution in [1.82, 2.24) is 10.2 Å². The molecule has 0 bridgehead atoms. The standard InChI is InChI=1S/C10H20N2O2S/c1-9(8-15(2)14)11-10(13)12-6-4-3-5-7-12/h9H,3-8H2,1-2H3,(H,11,13). The van der Waals surface area contributed by atoms with Crippen LogP contribution in [-0.4, -0.2) is 46.3 Å². The Morgan fingerprint density at radius 3 is 2.53 bits per heavy atom. The third kappa shape index (κ3) is 4.64. The quantitative estimate of drug-likeness (QED) is 0.787. The van der Waals surface area contributed by atoms with E-state index in [9.17, 15) is 9.00 Å². The monoisotopic (exact) mass is 232 g/mol. The van der Waals surface area contributed by atoms with Gasteiger partial charge in [0.25, 0.3) is 0 Å². The van der Waals surface area contributed by atoms with Gasteiger partial charge in [0, 0.05) is 41.9 Å². The Morgan fingerprint density at radius 1 is 1.40 bits per heavy atom. The summed E-state index contributed by atoms with van der Waals surface area (Å²) in [6.45, 7) is 3.60. The van der Waals surface area contributed by atoms with E-state index in [1.807, 2.05) is 11.8 Å². The van der Waals surface area contributed by atoms with Crippen molar-refractivity contribution in [3.8, 4) is 0 Å². The van der Waals surface area contributed by atoms with Crippen LogP contribution in [0.25, 0.3) is 0 Å². The summed E-state index contributed by atoms with van der Waals surface area (Å²) in [5, 5.41) is 2.87. The van der Waals surface area contributed by atoms with Crippen LogP contribution >= 0.6 is 0 Å². The van der Waals surface area contributed by atoms with E-state index in [0.717, 1.165) is 25.9 Å². The molecule has 2 amide bonds. The minimum Gasteiger partial charge on any atom is -0.335 e. The molecule has 88 valence electrons. The Bertz CT molecular complexity index is 240. The molecule has 2 atom stereocenters. The molecule has 0 radical (unpaired) electrons. The predicted octanol–water partition coefficient (Wildman–Crippen LogP) is 0.949. The largest absolute Gasteiger partial charge is 0.335 e. The van der Waals surface area contributed by atoms with E-state index in [2.05, 4.69) is 5.32 Å². The van der Waals surface area contributed by atoms with Crippen molar-refractivity contribution in [3.05, 3.63) is 0 Å². The Hall–Kier alpha value is -0.580. The number of hydrogen-bond donors (Lipinski definition) is 1. The van der Waals surface area contributed by atoms with E-state index in [-0.39, 0.29) is 12.1 Å². The number of likely N-dealkylation sites (tertiary alicyclic amines) is 1. The molecule has 15 heavy (non-hydrogen) atoms. The molecule has 0 spiro atoms. The molecule has 0 aliphatic carbocycles. The fourth-order valence-corrected chi connectivity index (χ4v) is 2.58. The van der Waals surface area contributed by atoms with Gasteiger partial charge in [0.05, 0.1) is 0 Å². The summed E-state index contributed by atoms with van der Waals surface area (Å²) in [4.78, 5) is 13.6. The van der Waals surface area contributed by atoms with Gasteiger partial charge in [0.1, 0.15) is 0 Å². The van der Waals surface area contributed by atoms with Gasteiger partial charge in [0.2, 0.25) is 0 Å². The summed E-state index contributed by atoms with van der Waals surface area (Å²) in [5.41, 5.74) is 0. The number of nitrogens with zero attached hydrogens (tertiary/aromatic N) is 1. The van der Waals surface area contributed by atoms with Crippen LogP contribution < -0.4 is 5.32 Å². The van der Waals surface area contributed by atoms with E-state index in [0.29, 0.717) is 5.75 Å². The molecule has 5 heteroatoms. The molecule has 1 aliphatic heterocycles. The molecule has 0 aromatic carbocycles. The van der Waals surface area contributed by atoms with Crippen LogP contribution in [0.2, 0.25) is 0 Å². The highest BCUT2D eigenvalue weighted by molar-refractivity contribution is 7.84. The maximum Gasteiger partial charge on any atom is 0.317 e. The maximum atomic E-state index is 11.7. The SMILES string of the molecule is CC(CS(C)=O)NC(=O)N1CCCCC1. The van der Waals surface area contributed by atoms with E-state index in [4.69, 9.17) is 0 Å². The third-order valence-electron chi connectivity index (χ3n) is 2.50. The Kier molecular flexibility index (Phi) is 5.08.